The molecule has 0 radical (unpaired) electrons. The monoisotopic (exact) mass is 342 g/mol. The first-order chi connectivity index (χ1) is 12.0. The molecular weight excluding hydrogens is 316 g/mol. The second-order valence-electron chi connectivity index (χ2n) is 6.86. The molecule has 0 spiro atoms. The summed E-state index contributed by atoms with van der Waals surface area (Å²) >= 11 is 0. The number of ether oxygens (including phenoxy) is 1. The van der Waals surface area contributed by atoms with Crippen molar-refractivity contribution in [1.29, 1.82) is 0 Å². The summed E-state index contributed by atoms with van der Waals surface area (Å²) in [6.45, 7) is 7.53. The molecule has 0 bridgehead atoms. The average molecular weight is 342 g/mol. The maximum absolute atomic E-state index is 12.6. The third-order valence-electron chi connectivity index (χ3n) is 5.09. The fourth-order valence-corrected chi connectivity index (χ4v) is 3.41. The zero-order chi connectivity index (χ0) is 18.0. The lowest BCUT2D eigenvalue weighted by atomic mass is 10.0. The molecule has 1 N–H and O–H groups in total. The maximum atomic E-state index is 12.6. The van der Waals surface area contributed by atoms with Crippen molar-refractivity contribution in [2.24, 2.45) is 0 Å². The number of nitrogens with zero attached hydrogens (tertiary/aromatic N) is 1. The molecule has 1 fully saturated rings. The van der Waals surface area contributed by atoms with Crippen molar-refractivity contribution in [3.8, 4) is 0 Å². The predicted octanol–water partition coefficient (Wildman–Crippen LogP) is 3.06. The topological polar surface area (TPSA) is 62.4 Å². The molecule has 1 aliphatic rings. The van der Waals surface area contributed by atoms with Crippen LogP contribution in [-0.4, -0.2) is 35.0 Å². The molecule has 1 aliphatic heterocycles. The molecule has 0 saturated carbocycles. The van der Waals surface area contributed by atoms with Crippen LogP contribution >= 0.6 is 0 Å². The van der Waals surface area contributed by atoms with Crippen LogP contribution in [0.1, 0.15) is 42.9 Å². The van der Waals surface area contributed by atoms with Gasteiger partial charge in [-0.25, -0.2) is 0 Å². The summed E-state index contributed by atoms with van der Waals surface area (Å²) in [5.74, 6) is 0.0510. The van der Waals surface area contributed by atoms with E-state index in [2.05, 4.69) is 11.1 Å². The number of fused-ring (bicyclic) bond motifs is 1. The number of aryl methyl sites for hydroxylation is 2. The molecule has 1 atom stereocenters. The van der Waals surface area contributed by atoms with Crippen molar-refractivity contribution in [2.75, 3.05) is 13.2 Å². The van der Waals surface area contributed by atoms with Gasteiger partial charge in [-0.05, 0) is 49.3 Å². The van der Waals surface area contributed by atoms with E-state index in [1.807, 2.05) is 32.9 Å². The minimum absolute atomic E-state index is 0.0510. The Morgan fingerprint density at radius 2 is 2.16 bits per heavy atom. The highest BCUT2D eigenvalue weighted by Crippen LogP contribution is 2.20. The van der Waals surface area contributed by atoms with E-state index in [0.29, 0.717) is 25.1 Å². The lowest BCUT2D eigenvalue weighted by Gasteiger charge is -2.25. The lowest BCUT2D eigenvalue weighted by molar-refractivity contribution is -0.133. The first-order valence-corrected chi connectivity index (χ1v) is 9.01. The van der Waals surface area contributed by atoms with Crippen LogP contribution in [0.25, 0.3) is 10.9 Å². The summed E-state index contributed by atoms with van der Waals surface area (Å²) in [5.41, 5.74) is 3.61. The Balaban J connectivity index is 1.90. The SMILES string of the molecule is CCC(=O)N(Cc1cc2ccc(C)c(C)c2[nH]c1=O)C[C@@H]1CCCO1. The van der Waals surface area contributed by atoms with Crippen LogP contribution in [0.4, 0.5) is 0 Å². The Hall–Kier alpha value is -2.14. The van der Waals surface area contributed by atoms with Gasteiger partial charge in [-0.3, -0.25) is 9.59 Å². The zero-order valence-electron chi connectivity index (χ0n) is 15.2. The van der Waals surface area contributed by atoms with Gasteiger partial charge in [0.05, 0.1) is 18.2 Å². The fourth-order valence-electron chi connectivity index (χ4n) is 3.41. The molecule has 0 unspecified atom stereocenters. The van der Waals surface area contributed by atoms with E-state index in [4.69, 9.17) is 4.74 Å². The largest absolute Gasteiger partial charge is 0.376 e. The van der Waals surface area contributed by atoms with Gasteiger partial charge in [0.1, 0.15) is 0 Å². The first-order valence-electron chi connectivity index (χ1n) is 9.01. The number of H-pyrrole nitrogens is 1. The molecular formula is C20H26N2O3. The minimum Gasteiger partial charge on any atom is -0.376 e. The lowest BCUT2D eigenvalue weighted by Crippen LogP contribution is -2.37. The highest BCUT2D eigenvalue weighted by Gasteiger charge is 2.22. The van der Waals surface area contributed by atoms with E-state index in [1.165, 1.54) is 0 Å². The van der Waals surface area contributed by atoms with E-state index >= 15 is 0 Å². The van der Waals surface area contributed by atoms with Gasteiger partial charge in [-0.2, -0.15) is 0 Å². The Morgan fingerprint density at radius 3 is 2.84 bits per heavy atom. The number of hydrogen-bond acceptors (Lipinski definition) is 3. The Morgan fingerprint density at radius 1 is 1.36 bits per heavy atom. The summed E-state index contributed by atoms with van der Waals surface area (Å²) < 4.78 is 5.67. The van der Waals surface area contributed by atoms with Gasteiger partial charge < -0.3 is 14.6 Å². The third kappa shape index (κ3) is 3.76. The number of nitrogens with one attached hydrogen (secondary N) is 1. The van der Waals surface area contributed by atoms with Crippen molar-refractivity contribution < 1.29 is 9.53 Å². The van der Waals surface area contributed by atoms with Gasteiger partial charge in [0.2, 0.25) is 5.91 Å². The third-order valence-corrected chi connectivity index (χ3v) is 5.09. The van der Waals surface area contributed by atoms with Gasteiger partial charge >= 0.3 is 0 Å². The normalized spacial score (nSPS) is 17.2. The van der Waals surface area contributed by atoms with E-state index < -0.39 is 0 Å². The van der Waals surface area contributed by atoms with Crippen molar-refractivity contribution in [3.63, 3.8) is 0 Å². The maximum Gasteiger partial charge on any atom is 0.253 e. The number of amides is 1. The van der Waals surface area contributed by atoms with E-state index in [0.717, 1.165) is 41.5 Å². The number of aromatic amines is 1. The highest BCUT2D eigenvalue weighted by atomic mass is 16.5. The van der Waals surface area contributed by atoms with Gasteiger partial charge in [-0.15, -0.1) is 0 Å². The molecule has 2 heterocycles. The summed E-state index contributed by atoms with van der Waals surface area (Å²) in [6.07, 6.45) is 2.52. The zero-order valence-corrected chi connectivity index (χ0v) is 15.2. The molecule has 1 aromatic carbocycles. The Kier molecular flexibility index (Phi) is 5.23. The van der Waals surface area contributed by atoms with Crippen LogP contribution in [-0.2, 0) is 16.1 Å². The summed E-state index contributed by atoms with van der Waals surface area (Å²) in [6, 6.07) is 5.98. The first kappa shape index (κ1) is 17.7. The van der Waals surface area contributed by atoms with Gasteiger partial charge in [0, 0.05) is 25.1 Å². The van der Waals surface area contributed by atoms with Crippen molar-refractivity contribution >= 4 is 16.8 Å². The molecule has 1 aromatic heterocycles. The van der Waals surface area contributed by atoms with E-state index in [1.54, 1.807) is 4.90 Å². The second-order valence-corrected chi connectivity index (χ2v) is 6.86. The Labute approximate surface area is 148 Å². The number of benzene rings is 1. The van der Waals surface area contributed by atoms with E-state index in [-0.39, 0.29) is 17.6 Å². The number of hydrogen-bond donors (Lipinski definition) is 1. The van der Waals surface area contributed by atoms with Crippen LogP contribution in [0, 0.1) is 13.8 Å². The van der Waals surface area contributed by atoms with Crippen LogP contribution in [0.5, 0.6) is 0 Å². The molecule has 2 aromatic rings. The average Bonchev–Trinajstić information content (AvgIpc) is 3.11. The quantitative estimate of drug-likeness (QED) is 0.908. The Bertz CT molecular complexity index is 835. The number of pyridine rings is 1. The molecule has 134 valence electrons. The predicted molar refractivity (Wildman–Crippen MR) is 98.7 cm³/mol. The molecule has 1 saturated heterocycles. The number of carbonyl (C=O) groups excluding carboxylic acids is 1. The van der Waals surface area contributed by atoms with Gasteiger partial charge in [0.15, 0.2) is 0 Å². The standard InChI is InChI=1S/C20H26N2O3/c1-4-18(23)22(12-17-6-5-9-25-17)11-16-10-15-8-7-13(2)14(3)19(15)21-20(16)24/h7-8,10,17H,4-6,9,11-12H2,1-3H3,(H,21,24)/t17-/m0/s1. The van der Waals surface area contributed by atoms with Crippen LogP contribution in [0.15, 0.2) is 23.0 Å². The molecule has 25 heavy (non-hydrogen) atoms. The van der Waals surface area contributed by atoms with Crippen LogP contribution in [0.2, 0.25) is 0 Å². The molecule has 1 amide bonds. The van der Waals surface area contributed by atoms with Crippen molar-refractivity contribution in [2.45, 2.75) is 52.7 Å². The summed E-state index contributed by atoms with van der Waals surface area (Å²) in [5, 5.41) is 0.999. The highest BCUT2D eigenvalue weighted by molar-refractivity contribution is 5.83. The molecule has 3 rings (SSSR count). The number of carbonyl (C=O) groups is 1. The number of rotatable bonds is 5. The molecule has 0 aliphatic carbocycles. The molecule has 5 nitrogen and oxygen atoms in total. The summed E-state index contributed by atoms with van der Waals surface area (Å²) in [4.78, 5) is 29.6. The second kappa shape index (κ2) is 7.40. The van der Waals surface area contributed by atoms with Gasteiger partial charge in [0.25, 0.3) is 5.56 Å². The molecule has 5 heteroatoms. The van der Waals surface area contributed by atoms with Gasteiger partial charge in [-0.1, -0.05) is 19.1 Å². The minimum atomic E-state index is -0.123. The van der Waals surface area contributed by atoms with E-state index in [9.17, 15) is 9.59 Å². The number of aromatic nitrogens is 1. The van der Waals surface area contributed by atoms with Crippen LogP contribution < -0.4 is 5.56 Å². The summed E-state index contributed by atoms with van der Waals surface area (Å²) in [7, 11) is 0. The smallest absolute Gasteiger partial charge is 0.253 e. The van der Waals surface area contributed by atoms with Crippen molar-refractivity contribution in [3.05, 3.63) is 45.2 Å². The fraction of sp³-hybridized carbons (Fsp3) is 0.500. The van der Waals surface area contributed by atoms with Crippen molar-refractivity contribution in [1.82, 2.24) is 9.88 Å². The van der Waals surface area contributed by atoms with Crippen LogP contribution in [0.3, 0.4) is 0 Å².